The Morgan fingerprint density at radius 1 is 1.45 bits per heavy atom. The number of rotatable bonds is 4. The Morgan fingerprint density at radius 3 is 2.55 bits per heavy atom. The lowest BCUT2D eigenvalue weighted by molar-refractivity contribution is -0.152. The lowest BCUT2D eigenvalue weighted by Crippen LogP contribution is -2.22. The summed E-state index contributed by atoms with van der Waals surface area (Å²) < 4.78 is 0. The van der Waals surface area contributed by atoms with Crippen molar-refractivity contribution in [3.05, 3.63) is 29.6 Å². The number of likely N-dealkylation sites (tertiary alicyclic amines) is 1. The van der Waals surface area contributed by atoms with Crippen LogP contribution in [0.1, 0.15) is 36.4 Å². The number of aliphatic hydroxyl groups is 1. The molecule has 122 valence electrons. The minimum atomic E-state index is -1.79. The van der Waals surface area contributed by atoms with Gasteiger partial charge in [-0.1, -0.05) is 0 Å². The molecule has 0 aromatic carbocycles. The number of aryl methyl sites for hydroxylation is 1. The monoisotopic (exact) mass is 310 g/mol. The molecule has 2 rings (SSSR count). The minimum Gasteiger partial charge on any atom is -0.481 e. The first-order valence-electron chi connectivity index (χ1n) is 7.06. The molecule has 0 aliphatic carbocycles. The van der Waals surface area contributed by atoms with Crippen LogP contribution in [-0.2, 0) is 9.59 Å². The zero-order chi connectivity index (χ0) is 16.7. The van der Waals surface area contributed by atoms with Gasteiger partial charge in [0, 0.05) is 18.4 Å². The fourth-order valence-corrected chi connectivity index (χ4v) is 2.38. The van der Waals surface area contributed by atoms with Crippen molar-refractivity contribution in [1.29, 1.82) is 0 Å². The average molecular weight is 310 g/mol. The molecule has 7 heteroatoms. The smallest absolute Gasteiger partial charge is 0.333 e. The van der Waals surface area contributed by atoms with E-state index in [1.165, 1.54) is 30.5 Å². The van der Waals surface area contributed by atoms with Crippen molar-refractivity contribution in [3.8, 4) is 0 Å². The number of nitrogens with zero attached hydrogens (tertiary/aromatic N) is 2. The SMILES string of the molecule is Cc1ccncc1[C@@H]1CCCN1C.O=C(O)C[C@H](O)C(=O)O. The third kappa shape index (κ3) is 5.42. The Hall–Kier alpha value is -1.99. The summed E-state index contributed by atoms with van der Waals surface area (Å²) in [7, 11) is 2.20. The van der Waals surface area contributed by atoms with Gasteiger partial charge in [0.1, 0.15) is 0 Å². The predicted molar refractivity (Wildman–Crippen MR) is 79.5 cm³/mol. The van der Waals surface area contributed by atoms with Gasteiger partial charge in [-0.3, -0.25) is 14.7 Å². The van der Waals surface area contributed by atoms with Crippen LogP contribution in [0.4, 0.5) is 0 Å². The molecule has 1 saturated heterocycles. The second-order valence-electron chi connectivity index (χ2n) is 5.32. The molecule has 0 radical (unpaired) electrons. The number of hydrogen-bond donors (Lipinski definition) is 3. The summed E-state index contributed by atoms with van der Waals surface area (Å²) in [4.78, 5) is 26.0. The third-order valence-corrected chi connectivity index (χ3v) is 3.61. The van der Waals surface area contributed by atoms with Crippen molar-refractivity contribution in [2.75, 3.05) is 13.6 Å². The lowest BCUT2D eigenvalue weighted by atomic mass is 10.0. The summed E-state index contributed by atoms with van der Waals surface area (Å²) in [6.45, 7) is 3.39. The molecule has 1 fully saturated rings. The third-order valence-electron chi connectivity index (χ3n) is 3.61. The van der Waals surface area contributed by atoms with Crippen LogP contribution < -0.4 is 0 Å². The first kappa shape index (κ1) is 18.1. The molecule has 22 heavy (non-hydrogen) atoms. The molecule has 2 atom stereocenters. The van der Waals surface area contributed by atoms with Gasteiger partial charge in [-0.15, -0.1) is 0 Å². The van der Waals surface area contributed by atoms with Crippen molar-refractivity contribution in [3.63, 3.8) is 0 Å². The molecule has 1 aliphatic rings. The van der Waals surface area contributed by atoms with E-state index in [2.05, 4.69) is 29.9 Å². The Labute approximate surface area is 129 Å². The molecular formula is C15H22N2O5. The Balaban J connectivity index is 0.000000239. The number of aliphatic carboxylic acids is 2. The highest BCUT2D eigenvalue weighted by atomic mass is 16.4. The molecule has 1 aromatic rings. The summed E-state index contributed by atoms with van der Waals surface area (Å²) in [5, 5.41) is 24.1. The van der Waals surface area contributed by atoms with Crippen LogP contribution in [-0.4, -0.2) is 56.8 Å². The molecule has 2 heterocycles. The summed E-state index contributed by atoms with van der Waals surface area (Å²) in [5.74, 6) is -2.85. The summed E-state index contributed by atoms with van der Waals surface area (Å²) in [6.07, 6.45) is 3.94. The number of carboxylic acids is 2. The number of aliphatic hydroxyl groups excluding tert-OH is 1. The molecule has 0 spiro atoms. The zero-order valence-electron chi connectivity index (χ0n) is 12.8. The maximum absolute atomic E-state index is 9.72. The summed E-state index contributed by atoms with van der Waals surface area (Å²) in [5.41, 5.74) is 2.77. The highest BCUT2D eigenvalue weighted by Crippen LogP contribution is 2.31. The topological polar surface area (TPSA) is 111 Å². The molecular weight excluding hydrogens is 288 g/mol. The standard InChI is InChI=1S/C11H16N2.C4H6O5/c1-9-5-6-12-8-10(9)11-4-3-7-13(11)2;5-2(4(8)9)1-3(6)7/h5-6,8,11H,3-4,7H2,1-2H3;2,5H,1H2,(H,6,7)(H,8,9)/t11-;2-/m00/s1. The lowest BCUT2D eigenvalue weighted by Gasteiger charge is -2.20. The highest BCUT2D eigenvalue weighted by molar-refractivity contribution is 5.79. The number of carboxylic acid groups (broad SMARTS) is 2. The van der Waals surface area contributed by atoms with Crippen LogP contribution in [0.3, 0.4) is 0 Å². The van der Waals surface area contributed by atoms with Crippen LogP contribution in [0.2, 0.25) is 0 Å². The van der Waals surface area contributed by atoms with E-state index >= 15 is 0 Å². The van der Waals surface area contributed by atoms with Gasteiger partial charge in [0.25, 0.3) is 0 Å². The van der Waals surface area contributed by atoms with Crippen LogP contribution in [0.15, 0.2) is 18.5 Å². The zero-order valence-corrected chi connectivity index (χ0v) is 12.8. The second kappa shape index (κ2) is 8.45. The van der Waals surface area contributed by atoms with Gasteiger partial charge in [-0.05, 0) is 50.6 Å². The van der Waals surface area contributed by atoms with Crippen molar-refractivity contribution < 1.29 is 24.9 Å². The average Bonchev–Trinajstić information content (AvgIpc) is 2.85. The first-order chi connectivity index (χ1) is 10.3. The van der Waals surface area contributed by atoms with Crippen LogP contribution >= 0.6 is 0 Å². The normalized spacial score (nSPS) is 19.1. The fourth-order valence-electron chi connectivity index (χ4n) is 2.38. The van der Waals surface area contributed by atoms with E-state index < -0.39 is 24.5 Å². The molecule has 7 nitrogen and oxygen atoms in total. The highest BCUT2D eigenvalue weighted by Gasteiger charge is 2.23. The number of pyridine rings is 1. The van der Waals surface area contributed by atoms with E-state index in [1.54, 1.807) is 0 Å². The van der Waals surface area contributed by atoms with Gasteiger partial charge in [-0.25, -0.2) is 4.79 Å². The number of aromatic nitrogens is 1. The van der Waals surface area contributed by atoms with E-state index in [1.807, 2.05) is 12.4 Å². The molecule has 3 N–H and O–H groups in total. The van der Waals surface area contributed by atoms with Crippen molar-refractivity contribution in [2.45, 2.75) is 38.3 Å². The Kier molecular flexibility index (Phi) is 6.94. The van der Waals surface area contributed by atoms with E-state index in [0.29, 0.717) is 6.04 Å². The predicted octanol–water partition coefficient (Wildman–Crippen LogP) is 1.06. The van der Waals surface area contributed by atoms with Gasteiger partial charge in [0.05, 0.1) is 6.42 Å². The summed E-state index contributed by atoms with van der Waals surface area (Å²) in [6, 6.07) is 2.70. The van der Waals surface area contributed by atoms with Gasteiger partial charge in [0.2, 0.25) is 0 Å². The molecule has 0 bridgehead atoms. The molecule has 0 saturated carbocycles. The Morgan fingerprint density at radius 2 is 2.14 bits per heavy atom. The molecule has 1 aromatic heterocycles. The van der Waals surface area contributed by atoms with Crippen molar-refractivity contribution in [1.82, 2.24) is 9.88 Å². The fraction of sp³-hybridized carbons (Fsp3) is 0.533. The minimum absolute atomic E-state index is 0.605. The Bertz CT molecular complexity index is 520. The number of hydrogen-bond acceptors (Lipinski definition) is 5. The maximum atomic E-state index is 9.72. The van der Waals surface area contributed by atoms with Gasteiger partial charge < -0.3 is 15.3 Å². The van der Waals surface area contributed by atoms with Crippen LogP contribution in [0, 0.1) is 6.92 Å². The number of carbonyl (C=O) groups is 2. The largest absolute Gasteiger partial charge is 0.481 e. The first-order valence-corrected chi connectivity index (χ1v) is 7.06. The van der Waals surface area contributed by atoms with Crippen LogP contribution in [0.5, 0.6) is 0 Å². The van der Waals surface area contributed by atoms with E-state index in [0.717, 1.165) is 0 Å². The van der Waals surface area contributed by atoms with E-state index in [-0.39, 0.29) is 0 Å². The van der Waals surface area contributed by atoms with Gasteiger partial charge in [0.15, 0.2) is 6.10 Å². The van der Waals surface area contributed by atoms with E-state index in [4.69, 9.17) is 15.3 Å². The van der Waals surface area contributed by atoms with Crippen molar-refractivity contribution in [2.24, 2.45) is 0 Å². The summed E-state index contributed by atoms with van der Waals surface area (Å²) >= 11 is 0. The van der Waals surface area contributed by atoms with Gasteiger partial charge in [-0.2, -0.15) is 0 Å². The molecule has 0 amide bonds. The van der Waals surface area contributed by atoms with Gasteiger partial charge >= 0.3 is 11.9 Å². The molecule has 0 unspecified atom stereocenters. The van der Waals surface area contributed by atoms with E-state index in [9.17, 15) is 9.59 Å². The second-order valence-corrected chi connectivity index (χ2v) is 5.32. The van der Waals surface area contributed by atoms with Crippen LogP contribution in [0.25, 0.3) is 0 Å². The molecule has 1 aliphatic heterocycles. The van der Waals surface area contributed by atoms with Crippen molar-refractivity contribution >= 4 is 11.9 Å². The quantitative estimate of drug-likeness (QED) is 0.762. The maximum Gasteiger partial charge on any atom is 0.333 e.